The third-order valence-electron chi connectivity index (χ3n) is 4.04. The van der Waals surface area contributed by atoms with E-state index in [1.54, 1.807) is 13.8 Å². The standard InChI is InChI=1S/C13H27NO3S/c1-12(2,18(3,16)17)10-14-11-13(15)8-6-4-5-7-9-13/h14-15H,4-11H2,1-3H3. The Hall–Kier alpha value is -0.130. The zero-order chi connectivity index (χ0) is 13.9. The number of hydrogen-bond acceptors (Lipinski definition) is 4. The fraction of sp³-hybridized carbons (Fsp3) is 1.00. The van der Waals surface area contributed by atoms with Crippen LogP contribution in [0.5, 0.6) is 0 Å². The number of rotatable bonds is 5. The van der Waals surface area contributed by atoms with Gasteiger partial charge in [-0.15, -0.1) is 0 Å². The van der Waals surface area contributed by atoms with Gasteiger partial charge in [0.2, 0.25) is 0 Å². The smallest absolute Gasteiger partial charge is 0.153 e. The van der Waals surface area contributed by atoms with Gasteiger partial charge in [-0.1, -0.05) is 25.7 Å². The lowest BCUT2D eigenvalue weighted by Crippen LogP contribution is -2.47. The van der Waals surface area contributed by atoms with Crippen LogP contribution in [-0.4, -0.2) is 43.2 Å². The van der Waals surface area contributed by atoms with Gasteiger partial charge in [-0.3, -0.25) is 0 Å². The van der Waals surface area contributed by atoms with E-state index < -0.39 is 20.2 Å². The van der Waals surface area contributed by atoms with E-state index in [-0.39, 0.29) is 0 Å². The van der Waals surface area contributed by atoms with Crippen LogP contribution in [0.1, 0.15) is 52.4 Å². The molecule has 1 rings (SSSR count). The zero-order valence-electron chi connectivity index (χ0n) is 11.8. The molecule has 0 amide bonds. The Morgan fingerprint density at radius 2 is 1.67 bits per heavy atom. The minimum absolute atomic E-state index is 0.383. The van der Waals surface area contributed by atoms with Gasteiger partial charge in [-0.05, 0) is 26.7 Å². The molecule has 108 valence electrons. The maximum Gasteiger partial charge on any atom is 0.153 e. The van der Waals surface area contributed by atoms with Crippen molar-refractivity contribution in [2.24, 2.45) is 0 Å². The molecular weight excluding hydrogens is 250 g/mol. The monoisotopic (exact) mass is 277 g/mol. The Morgan fingerprint density at radius 1 is 1.17 bits per heavy atom. The topological polar surface area (TPSA) is 66.4 Å². The van der Waals surface area contributed by atoms with Gasteiger partial charge >= 0.3 is 0 Å². The normalized spacial score (nSPS) is 21.6. The summed E-state index contributed by atoms with van der Waals surface area (Å²) in [6.07, 6.45) is 7.41. The van der Waals surface area contributed by atoms with Crippen LogP contribution in [-0.2, 0) is 9.84 Å². The SMILES string of the molecule is CC(C)(CNCC1(O)CCCCCC1)S(C)(=O)=O. The van der Waals surface area contributed by atoms with Gasteiger partial charge in [-0.25, -0.2) is 8.42 Å². The van der Waals surface area contributed by atoms with Gasteiger partial charge in [0.05, 0.1) is 10.3 Å². The number of nitrogens with one attached hydrogen (secondary N) is 1. The molecule has 0 aromatic rings. The highest BCUT2D eigenvalue weighted by atomic mass is 32.2. The number of sulfone groups is 1. The minimum atomic E-state index is -3.08. The van der Waals surface area contributed by atoms with Crippen molar-refractivity contribution in [3.63, 3.8) is 0 Å². The van der Waals surface area contributed by atoms with Crippen molar-refractivity contribution in [3.05, 3.63) is 0 Å². The average Bonchev–Trinajstić information content (AvgIpc) is 2.41. The predicted octanol–water partition coefficient (Wildman–Crippen LogP) is 1.48. The van der Waals surface area contributed by atoms with Crippen LogP contribution in [0, 0.1) is 0 Å². The van der Waals surface area contributed by atoms with E-state index in [0.717, 1.165) is 25.7 Å². The lowest BCUT2D eigenvalue weighted by Gasteiger charge is -2.30. The van der Waals surface area contributed by atoms with Crippen molar-refractivity contribution in [1.82, 2.24) is 5.32 Å². The van der Waals surface area contributed by atoms with E-state index in [2.05, 4.69) is 5.32 Å². The van der Waals surface area contributed by atoms with Crippen molar-refractivity contribution in [3.8, 4) is 0 Å². The van der Waals surface area contributed by atoms with Gasteiger partial charge in [-0.2, -0.15) is 0 Å². The highest BCUT2D eigenvalue weighted by Gasteiger charge is 2.32. The first-order valence-corrected chi connectivity index (χ1v) is 8.68. The highest BCUT2D eigenvalue weighted by Crippen LogP contribution is 2.26. The second-order valence-electron chi connectivity index (χ2n) is 6.27. The van der Waals surface area contributed by atoms with Crippen molar-refractivity contribution in [2.75, 3.05) is 19.3 Å². The Morgan fingerprint density at radius 3 is 2.11 bits per heavy atom. The molecule has 1 aliphatic carbocycles. The van der Waals surface area contributed by atoms with E-state index >= 15 is 0 Å². The van der Waals surface area contributed by atoms with Gasteiger partial charge in [0.25, 0.3) is 0 Å². The molecule has 0 spiro atoms. The lowest BCUT2D eigenvalue weighted by atomic mass is 9.94. The molecule has 4 nitrogen and oxygen atoms in total. The van der Waals surface area contributed by atoms with Gasteiger partial charge < -0.3 is 10.4 Å². The average molecular weight is 277 g/mol. The summed E-state index contributed by atoms with van der Waals surface area (Å²) in [6.45, 7) is 4.30. The van der Waals surface area contributed by atoms with E-state index in [1.165, 1.54) is 19.1 Å². The molecule has 0 aromatic heterocycles. The van der Waals surface area contributed by atoms with E-state index in [0.29, 0.717) is 13.1 Å². The minimum Gasteiger partial charge on any atom is -0.389 e. The predicted molar refractivity (Wildman–Crippen MR) is 74.4 cm³/mol. The largest absolute Gasteiger partial charge is 0.389 e. The van der Waals surface area contributed by atoms with Crippen LogP contribution in [0.25, 0.3) is 0 Å². The van der Waals surface area contributed by atoms with Gasteiger partial charge in [0.15, 0.2) is 9.84 Å². The Kier molecular flexibility index (Phi) is 5.21. The first-order chi connectivity index (χ1) is 8.16. The summed E-state index contributed by atoms with van der Waals surface area (Å²) < 4.78 is 22.4. The summed E-state index contributed by atoms with van der Waals surface area (Å²) in [4.78, 5) is 0. The van der Waals surface area contributed by atoms with Crippen LogP contribution in [0.2, 0.25) is 0 Å². The van der Waals surface area contributed by atoms with Gasteiger partial charge in [0, 0.05) is 19.3 Å². The molecule has 0 bridgehead atoms. The summed E-state index contributed by atoms with van der Waals surface area (Å²) in [5, 5.41) is 13.6. The Bertz CT molecular complexity index is 354. The molecule has 0 aliphatic heterocycles. The van der Waals surface area contributed by atoms with Crippen molar-refractivity contribution in [2.45, 2.75) is 62.7 Å². The van der Waals surface area contributed by atoms with E-state index in [1.807, 2.05) is 0 Å². The molecule has 0 heterocycles. The van der Waals surface area contributed by atoms with Gasteiger partial charge in [0.1, 0.15) is 0 Å². The van der Waals surface area contributed by atoms with Crippen LogP contribution in [0.4, 0.5) is 0 Å². The third-order valence-corrected chi connectivity index (χ3v) is 6.19. The molecule has 1 fully saturated rings. The molecule has 0 saturated heterocycles. The second-order valence-corrected chi connectivity index (χ2v) is 8.92. The molecule has 0 radical (unpaired) electrons. The molecule has 5 heteroatoms. The van der Waals surface area contributed by atoms with Crippen molar-refractivity contribution >= 4 is 9.84 Å². The number of hydrogen-bond donors (Lipinski definition) is 2. The summed E-state index contributed by atoms with van der Waals surface area (Å²) >= 11 is 0. The van der Waals surface area contributed by atoms with E-state index in [9.17, 15) is 13.5 Å². The molecular formula is C13H27NO3S. The molecule has 0 unspecified atom stereocenters. The van der Waals surface area contributed by atoms with Crippen LogP contribution < -0.4 is 5.32 Å². The fourth-order valence-corrected chi connectivity index (χ4v) is 2.65. The highest BCUT2D eigenvalue weighted by molar-refractivity contribution is 7.92. The Labute approximate surface area is 111 Å². The second kappa shape index (κ2) is 5.88. The molecule has 0 aromatic carbocycles. The summed E-state index contributed by atoms with van der Waals surface area (Å²) in [5.41, 5.74) is -0.649. The lowest BCUT2D eigenvalue weighted by molar-refractivity contribution is 0.0251. The van der Waals surface area contributed by atoms with Crippen molar-refractivity contribution < 1.29 is 13.5 Å². The summed E-state index contributed by atoms with van der Waals surface area (Å²) in [5.74, 6) is 0. The molecule has 2 N–H and O–H groups in total. The maximum absolute atomic E-state index is 11.6. The van der Waals surface area contributed by atoms with Crippen LogP contribution in [0.3, 0.4) is 0 Å². The van der Waals surface area contributed by atoms with Crippen LogP contribution in [0.15, 0.2) is 0 Å². The zero-order valence-corrected chi connectivity index (χ0v) is 12.6. The molecule has 1 aliphatic rings. The molecule has 1 saturated carbocycles. The molecule has 0 atom stereocenters. The fourth-order valence-electron chi connectivity index (χ4n) is 2.29. The van der Waals surface area contributed by atoms with Crippen molar-refractivity contribution in [1.29, 1.82) is 0 Å². The number of aliphatic hydroxyl groups is 1. The maximum atomic E-state index is 11.6. The summed E-state index contributed by atoms with van der Waals surface area (Å²) in [7, 11) is -3.08. The van der Waals surface area contributed by atoms with E-state index in [4.69, 9.17) is 0 Å². The first kappa shape index (κ1) is 15.9. The first-order valence-electron chi connectivity index (χ1n) is 6.79. The summed E-state index contributed by atoms with van der Waals surface area (Å²) in [6, 6.07) is 0. The third kappa shape index (κ3) is 4.52. The quantitative estimate of drug-likeness (QED) is 0.747. The Balaban J connectivity index is 2.45. The van der Waals surface area contributed by atoms with Crippen LogP contribution >= 0.6 is 0 Å². The molecule has 18 heavy (non-hydrogen) atoms.